The Kier molecular flexibility index (Phi) is 4.72. The molecule has 0 fully saturated rings. The summed E-state index contributed by atoms with van der Waals surface area (Å²) in [4.78, 5) is 5.03. The quantitative estimate of drug-likeness (QED) is 0.538. The van der Waals surface area contributed by atoms with E-state index in [9.17, 15) is 0 Å². The summed E-state index contributed by atoms with van der Waals surface area (Å²) in [6, 6.07) is 0.579. The van der Waals surface area contributed by atoms with E-state index in [2.05, 4.69) is 13.8 Å². The van der Waals surface area contributed by atoms with Gasteiger partial charge < -0.3 is 4.84 Å². The molecule has 9 heavy (non-hydrogen) atoms. The van der Waals surface area contributed by atoms with Crippen molar-refractivity contribution < 1.29 is 4.84 Å². The van der Waals surface area contributed by atoms with Crippen LogP contribution in [0.4, 0.5) is 0 Å². The maximum absolute atomic E-state index is 5.03. The van der Waals surface area contributed by atoms with Gasteiger partial charge in [0, 0.05) is 13.1 Å². The summed E-state index contributed by atoms with van der Waals surface area (Å²) in [7, 11) is 3.68. The lowest BCUT2D eigenvalue weighted by molar-refractivity contribution is -0.141. The van der Waals surface area contributed by atoms with Crippen LogP contribution in [0.15, 0.2) is 0 Å². The minimum atomic E-state index is 0.579. The molecule has 0 N–H and O–H groups in total. The number of hydrogen-bond acceptors (Lipinski definition) is 2. The lowest BCUT2D eigenvalue weighted by Gasteiger charge is -2.22. The van der Waals surface area contributed by atoms with E-state index in [0.29, 0.717) is 6.04 Å². The molecule has 0 bridgehead atoms. The molecular weight excluding hydrogens is 114 g/mol. The van der Waals surface area contributed by atoms with Crippen molar-refractivity contribution in [2.24, 2.45) is 0 Å². The van der Waals surface area contributed by atoms with Gasteiger partial charge in [-0.3, -0.25) is 0 Å². The number of nitrogens with zero attached hydrogens (tertiary/aromatic N) is 1. The fourth-order valence-electron chi connectivity index (χ4n) is 0.952. The zero-order valence-electron chi connectivity index (χ0n) is 6.85. The molecule has 0 aromatic rings. The topological polar surface area (TPSA) is 12.5 Å². The average Bonchev–Trinajstić information content (AvgIpc) is 1.90. The van der Waals surface area contributed by atoms with Crippen LogP contribution < -0.4 is 0 Å². The van der Waals surface area contributed by atoms with Gasteiger partial charge in [0.1, 0.15) is 0 Å². The molecule has 0 aliphatic heterocycles. The van der Waals surface area contributed by atoms with E-state index >= 15 is 0 Å². The minimum absolute atomic E-state index is 0.579. The second kappa shape index (κ2) is 4.77. The van der Waals surface area contributed by atoms with E-state index in [0.717, 1.165) is 12.8 Å². The van der Waals surface area contributed by atoms with Crippen LogP contribution in [0.25, 0.3) is 0 Å². The molecule has 0 heterocycles. The summed E-state index contributed by atoms with van der Waals surface area (Å²) in [5.41, 5.74) is 0. The van der Waals surface area contributed by atoms with E-state index < -0.39 is 0 Å². The Morgan fingerprint density at radius 2 is 1.78 bits per heavy atom. The van der Waals surface area contributed by atoms with Crippen molar-refractivity contribution in [2.45, 2.75) is 32.7 Å². The molecule has 0 rings (SSSR count). The highest BCUT2D eigenvalue weighted by atomic mass is 16.7. The van der Waals surface area contributed by atoms with Crippen molar-refractivity contribution >= 4 is 0 Å². The smallest absolute Gasteiger partial charge is 0.0575 e. The average molecular weight is 131 g/mol. The Balaban J connectivity index is 3.50. The molecule has 0 aromatic heterocycles. The van der Waals surface area contributed by atoms with Crippen molar-refractivity contribution in [3.05, 3.63) is 0 Å². The molecular formula is C7H17NO. The van der Waals surface area contributed by atoms with E-state index in [-0.39, 0.29) is 0 Å². The van der Waals surface area contributed by atoms with Gasteiger partial charge in [-0.05, 0) is 12.8 Å². The molecule has 0 aliphatic rings. The highest BCUT2D eigenvalue weighted by Gasteiger charge is 2.07. The van der Waals surface area contributed by atoms with E-state index in [1.54, 1.807) is 7.11 Å². The summed E-state index contributed by atoms with van der Waals surface area (Å²) < 4.78 is 0. The largest absolute Gasteiger partial charge is 0.302 e. The molecule has 0 aliphatic carbocycles. The lowest BCUT2D eigenvalue weighted by Crippen LogP contribution is -2.29. The number of hydroxylamine groups is 2. The highest BCUT2D eigenvalue weighted by Crippen LogP contribution is 2.04. The predicted molar refractivity (Wildman–Crippen MR) is 39.1 cm³/mol. The van der Waals surface area contributed by atoms with Gasteiger partial charge in [-0.25, -0.2) is 0 Å². The van der Waals surface area contributed by atoms with Crippen LogP contribution in [-0.2, 0) is 4.84 Å². The summed E-state index contributed by atoms with van der Waals surface area (Å²) in [6.45, 7) is 4.34. The first-order valence-electron chi connectivity index (χ1n) is 3.53. The van der Waals surface area contributed by atoms with Crippen LogP contribution in [0.5, 0.6) is 0 Å². The van der Waals surface area contributed by atoms with Crippen molar-refractivity contribution in [1.29, 1.82) is 0 Å². The second-order valence-electron chi connectivity index (χ2n) is 2.20. The Labute approximate surface area is 57.8 Å². The van der Waals surface area contributed by atoms with Crippen molar-refractivity contribution in [1.82, 2.24) is 5.06 Å². The molecule has 2 heteroatoms. The number of hydrogen-bond donors (Lipinski definition) is 0. The molecule has 0 aromatic carbocycles. The molecule has 0 unspecified atom stereocenters. The third-order valence-electron chi connectivity index (χ3n) is 1.74. The SMILES string of the molecule is CCC(CC)N(C)OC. The highest BCUT2D eigenvalue weighted by molar-refractivity contribution is 4.56. The molecule has 56 valence electrons. The van der Waals surface area contributed by atoms with Gasteiger partial charge in [0.05, 0.1) is 7.11 Å². The van der Waals surface area contributed by atoms with Crippen LogP contribution in [-0.4, -0.2) is 25.3 Å². The van der Waals surface area contributed by atoms with E-state index in [1.165, 1.54) is 0 Å². The molecule has 0 saturated heterocycles. The summed E-state index contributed by atoms with van der Waals surface area (Å²) in [5, 5.41) is 1.90. The van der Waals surface area contributed by atoms with Crippen LogP contribution in [0.1, 0.15) is 26.7 Å². The van der Waals surface area contributed by atoms with Gasteiger partial charge in [0.25, 0.3) is 0 Å². The molecule has 0 radical (unpaired) electrons. The van der Waals surface area contributed by atoms with Gasteiger partial charge in [-0.1, -0.05) is 13.8 Å². The fourth-order valence-corrected chi connectivity index (χ4v) is 0.952. The minimum Gasteiger partial charge on any atom is -0.302 e. The van der Waals surface area contributed by atoms with Crippen LogP contribution in [0, 0.1) is 0 Å². The van der Waals surface area contributed by atoms with Gasteiger partial charge >= 0.3 is 0 Å². The second-order valence-corrected chi connectivity index (χ2v) is 2.20. The molecule has 0 spiro atoms. The van der Waals surface area contributed by atoms with E-state index in [4.69, 9.17) is 4.84 Å². The Hall–Kier alpha value is -0.0800. The summed E-state index contributed by atoms with van der Waals surface area (Å²) in [5.74, 6) is 0. The van der Waals surface area contributed by atoms with Gasteiger partial charge in [0.15, 0.2) is 0 Å². The van der Waals surface area contributed by atoms with Crippen LogP contribution in [0.2, 0.25) is 0 Å². The maximum Gasteiger partial charge on any atom is 0.0575 e. The Morgan fingerprint density at radius 3 is 1.89 bits per heavy atom. The first-order chi connectivity index (χ1) is 4.26. The molecule has 2 nitrogen and oxygen atoms in total. The van der Waals surface area contributed by atoms with Crippen LogP contribution >= 0.6 is 0 Å². The van der Waals surface area contributed by atoms with Crippen molar-refractivity contribution in [3.63, 3.8) is 0 Å². The van der Waals surface area contributed by atoms with Gasteiger partial charge in [-0.2, -0.15) is 5.06 Å². The predicted octanol–water partition coefficient (Wildman–Crippen LogP) is 1.67. The zero-order valence-corrected chi connectivity index (χ0v) is 6.85. The molecule has 0 saturated carbocycles. The first-order valence-corrected chi connectivity index (χ1v) is 3.53. The lowest BCUT2D eigenvalue weighted by atomic mass is 10.2. The van der Waals surface area contributed by atoms with Crippen molar-refractivity contribution in [3.8, 4) is 0 Å². The van der Waals surface area contributed by atoms with Gasteiger partial charge in [0.2, 0.25) is 0 Å². The monoisotopic (exact) mass is 131 g/mol. The number of rotatable bonds is 4. The first kappa shape index (κ1) is 8.92. The normalized spacial score (nSPS) is 11.3. The van der Waals surface area contributed by atoms with Gasteiger partial charge in [-0.15, -0.1) is 0 Å². The van der Waals surface area contributed by atoms with Crippen LogP contribution in [0.3, 0.4) is 0 Å². The van der Waals surface area contributed by atoms with E-state index in [1.807, 2.05) is 12.1 Å². The maximum atomic E-state index is 5.03. The molecule has 0 amide bonds. The fraction of sp³-hybridized carbons (Fsp3) is 1.00. The Bertz CT molecular complexity index is 61.9. The standard InChI is InChI=1S/C7H17NO/c1-5-7(6-2)8(3)9-4/h7H,5-6H2,1-4H3. The molecule has 0 atom stereocenters. The zero-order chi connectivity index (χ0) is 7.28. The third kappa shape index (κ3) is 2.82. The third-order valence-corrected chi connectivity index (χ3v) is 1.74. The Morgan fingerprint density at radius 1 is 1.33 bits per heavy atom. The van der Waals surface area contributed by atoms with Crippen molar-refractivity contribution in [2.75, 3.05) is 14.2 Å². The summed E-state index contributed by atoms with van der Waals surface area (Å²) in [6.07, 6.45) is 2.31. The summed E-state index contributed by atoms with van der Waals surface area (Å²) >= 11 is 0.